The van der Waals surface area contributed by atoms with E-state index in [1.165, 1.54) is 0 Å². The van der Waals surface area contributed by atoms with Crippen molar-refractivity contribution in [2.75, 3.05) is 18.5 Å². The first kappa shape index (κ1) is 17.2. The molecule has 1 aliphatic heterocycles. The molecule has 4 atom stereocenters. The molecule has 2 heterocycles. The van der Waals surface area contributed by atoms with Crippen LogP contribution in [0.4, 0.5) is 19.1 Å². The van der Waals surface area contributed by atoms with E-state index in [4.69, 9.17) is 10.3 Å². The Morgan fingerprint density at radius 2 is 2.17 bits per heavy atom. The Balaban J connectivity index is 2.05. The van der Waals surface area contributed by atoms with Crippen molar-refractivity contribution in [1.82, 2.24) is 9.97 Å². The van der Waals surface area contributed by atoms with Crippen LogP contribution in [0.5, 0.6) is 0 Å². The smallest absolute Gasteiger partial charge is 0.388 e. The van der Waals surface area contributed by atoms with Crippen molar-refractivity contribution < 1.29 is 28.1 Å². The highest BCUT2D eigenvalue weighted by Gasteiger charge is 2.39. The molecule has 1 aliphatic rings. The van der Waals surface area contributed by atoms with Crippen molar-refractivity contribution in [2.45, 2.75) is 30.5 Å². The van der Waals surface area contributed by atoms with Crippen LogP contribution in [0.1, 0.15) is 5.69 Å². The van der Waals surface area contributed by atoms with Crippen LogP contribution >= 0.6 is 0 Å². The highest BCUT2D eigenvalue weighted by Crippen LogP contribution is 2.28. The van der Waals surface area contributed by atoms with Crippen LogP contribution in [0.3, 0.4) is 0 Å². The molecule has 0 radical (unpaired) electrons. The molecule has 9 nitrogen and oxygen atoms in total. The van der Waals surface area contributed by atoms with E-state index in [0.717, 1.165) is 6.20 Å². The summed E-state index contributed by atoms with van der Waals surface area (Å²) in [6.45, 7) is -0.315. The molecule has 0 bridgehead atoms. The van der Waals surface area contributed by atoms with Crippen molar-refractivity contribution in [2.24, 2.45) is 5.11 Å². The van der Waals surface area contributed by atoms with Gasteiger partial charge < -0.3 is 20.3 Å². The van der Waals surface area contributed by atoms with Gasteiger partial charge in [-0.05, 0) is 11.6 Å². The van der Waals surface area contributed by atoms with Crippen molar-refractivity contribution >= 4 is 5.95 Å². The number of alkyl halides is 3. The molecular weight excluding hydrogens is 321 g/mol. The fourth-order valence-electron chi connectivity index (χ4n) is 2.04. The summed E-state index contributed by atoms with van der Waals surface area (Å²) in [5.41, 5.74) is 7.09. The number of ether oxygens (including phenoxy) is 1. The van der Waals surface area contributed by atoms with Crippen molar-refractivity contribution in [3.05, 3.63) is 28.4 Å². The number of aliphatic hydroxyl groups excluding tert-OH is 2. The van der Waals surface area contributed by atoms with Gasteiger partial charge in [0.15, 0.2) is 0 Å². The van der Waals surface area contributed by atoms with Crippen LogP contribution in [0.2, 0.25) is 0 Å². The zero-order chi connectivity index (χ0) is 17.0. The van der Waals surface area contributed by atoms with E-state index in [1.807, 2.05) is 0 Å². The molecule has 126 valence electrons. The molecule has 1 saturated heterocycles. The van der Waals surface area contributed by atoms with Gasteiger partial charge in [-0.2, -0.15) is 13.2 Å². The molecule has 0 aliphatic carbocycles. The fraction of sp³-hybridized carbons (Fsp3) is 0.636. The average Bonchev–Trinajstić information content (AvgIpc) is 2.51. The first-order chi connectivity index (χ1) is 10.8. The minimum atomic E-state index is -4.62. The largest absolute Gasteiger partial charge is 0.433 e. The minimum Gasteiger partial charge on any atom is -0.388 e. The molecule has 4 unspecified atom stereocenters. The second kappa shape index (κ2) is 6.96. The Morgan fingerprint density at radius 3 is 2.83 bits per heavy atom. The van der Waals surface area contributed by atoms with Gasteiger partial charge in [-0.15, -0.1) is 0 Å². The van der Waals surface area contributed by atoms with Crippen LogP contribution < -0.4 is 5.32 Å². The lowest BCUT2D eigenvalue weighted by Crippen LogP contribution is -2.56. The zero-order valence-electron chi connectivity index (χ0n) is 11.6. The predicted molar refractivity (Wildman–Crippen MR) is 70.2 cm³/mol. The normalized spacial score (nSPS) is 28.0. The molecular formula is C11H13F3N6O3. The van der Waals surface area contributed by atoms with Crippen LogP contribution in [0, 0.1) is 0 Å². The summed E-state index contributed by atoms with van der Waals surface area (Å²) in [7, 11) is 0. The summed E-state index contributed by atoms with van der Waals surface area (Å²) in [5.74, 6) is -0.354. The highest BCUT2D eigenvalue weighted by atomic mass is 19.4. The molecule has 1 fully saturated rings. The number of anilines is 1. The molecule has 0 spiro atoms. The Labute approximate surface area is 127 Å². The van der Waals surface area contributed by atoms with Crippen LogP contribution in [0.15, 0.2) is 17.4 Å². The number of aromatic nitrogens is 2. The molecule has 12 heteroatoms. The average molecular weight is 334 g/mol. The number of rotatable bonds is 4. The zero-order valence-corrected chi connectivity index (χ0v) is 11.6. The first-order valence-electron chi connectivity index (χ1n) is 6.48. The number of aliphatic hydroxyl groups is 2. The maximum Gasteiger partial charge on any atom is 0.433 e. The number of azide groups is 1. The molecule has 0 amide bonds. The van der Waals surface area contributed by atoms with E-state index < -0.39 is 36.2 Å². The van der Waals surface area contributed by atoms with Crippen LogP contribution in [0.25, 0.3) is 10.4 Å². The second-order valence-electron chi connectivity index (χ2n) is 4.78. The molecule has 0 aromatic carbocycles. The Bertz CT molecular complexity index is 595. The van der Waals surface area contributed by atoms with E-state index in [-0.39, 0.29) is 19.1 Å². The first-order valence-corrected chi connectivity index (χ1v) is 6.48. The van der Waals surface area contributed by atoms with Crippen molar-refractivity contribution in [3.8, 4) is 0 Å². The van der Waals surface area contributed by atoms with Gasteiger partial charge in [0, 0.05) is 11.1 Å². The Morgan fingerprint density at radius 1 is 1.43 bits per heavy atom. The van der Waals surface area contributed by atoms with Crippen molar-refractivity contribution in [1.29, 1.82) is 0 Å². The van der Waals surface area contributed by atoms with Gasteiger partial charge in [0.05, 0.1) is 25.3 Å². The van der Waals surface area contributed by atoms with Gasteiger partial charge in [0.2, 0.25) is 5.95 Å². The Hall–Kier alpha value is -2.14. The fourth-order valence-corrected chi connectivity index (χ4v) is 2.04. The third-order valence-electron chi connectivity index (χ3n) is 3.22. The van der Waals surface area contributed by atoms with E-state index in [0.29, 0.717) is 6.07 Å². The van der Waals surface area contributed by atoms with Gasteiger partial charge in [-0.3, -0.25) is 0 Å². The van der Waals surface area contributed by atoms with Gasteiger partial charge in [-0.1, -0.05) is 5.11 Å². The monoisotopic (exact) mass is 334 g/mol. The van der Waals surface area contributed by atoms with Crippen molar-refractivity contribution in [3.63, 3.8) is 0 Å². The van der Waals surface area contributed by atoms with E-state index in [1.54, 1.807) is 0 Å². The lowest BCUT2D eigenvalue weighted by molar-refractivity contribution is -0.141. The maximum atomic E-state index is 12.6. The van der Waals surface area contributed by atoms with Gasteiger partial charge in [-0.25, -0.2) is 9.97 Å². The number of nitrogens with zero attached hydrogens (tertiary/aromatic N) is 5. The van der Waals surface area contributed by atoms with E-state index in [2.05, 4.69) is 25.3 Å². The number of halogens is 3. The molecule has 1 aromatic rings. The summed E-state index contributed by atoms with van der Waals surface area (Å²) in [4.78, 5) is 9.46. The van der Waals surface area contributed by atoms with Gasteiger partial charge >= 0.3 is 6.18 Å². The third kappa shape index (κ3) is 4.20. The summed E-state index contributed by atoms with van der Waals surface area (Å²) < 4.78 is 43.0. The number of nitrogens with one attached hydrogen (secondary N) is 1. The summed E-state index contributed by atoms with van der Waals surface area (Å²) in [6, 6.07) is -0.209. The van der Waals surface area contributed by atoms with E-state index in [9.17, 15) is 23.4 Å². The molecule has 23 heavy (non-hydrogen) atoms. The summed E-state index contributed by atoms with van der Waals surface area (Å²) in [6.07, 6.45) is -7.34. The topological polar surface area (TPSA) is 136 Å². The molecule has 2 rings (SSSR count). The quantitative estimate of drug-likeness (QED) is 0.421. The molecule has 0 saturated carbocycles. The SMILES string of the molecule is [N-]=[N+]=NCC1OCC(Nc2nccc(C(F)(F)F)n2)C(O)C1O. The molecule has 1 aromatic heterocycles. The van der Waals surface area contributed by atoms with E-state index >= 15 is 0 Å². The predicted octanol–water partition coefficient (Wildman–Crippen LogP) is 0.707. The third-order valence-corrected chi connectivity index (χ3v) is 3.22. The number of hydrogen-bond acceptors (Lipinski definition) is 7. The standard InChI is InChI=1S/C11H13F3N6O3/c12-11(13,14)7-1-2-16-10(19-7)18-5-4-23-6(3-17-20-15)9(22)8(5)21/h1-2,5-6,8-9,21-22H,3-4H2,(H,16,18,19). The van der Waals surface area contributed by atoms with Gasteiger partial charge in [0.25, 0.3) is 0 Å². The van der Waals surface area contributed by atoms with Crippen LogP contribution in [-0.4, -0.2) is 57.7 Å². The lowest BCUT2D eigenvalue weighted by Gasteiger charge is -2.37. The highest BCUT2D eigenvalue weighted by molar-refractivity contribution is 5.29. The summed E-state index contributed by atoms with van der Waals surface area (Å²) in [5, 5.41) is 25.6. The number of hydrogen-bond donors (Lipinski definition) is 3. The lowest BCUT2D eigenvalue weighted by atomic mass is 9.98. The molecule has 3 N–H and O–H groups in total. The second-order valence-corrected chi connectivity index (χ2v) is 4.78. The van der Waals surface area contributed by atoms with Gasteiger partial charge in [0.1, 0.15) is 17.9 Å². The van der Waals surface area contributed by atoms with Crippen LogP contribution in [-0.2, 0) is 10.9 Å². The Kier molecular flexibility index (Phi) is 5.21. The summed E-state index contributed by atoms with van der Waals surface area (Å²) >= 11 is 0. The minimum absolute atomic E-state index is 0.135. The maximum absolute atomic E-state index is 12.6.